The highest BCUT2D eigenvalue weighted by Gasteiger charge is 2.43. The Morgan fingerprint density at radius 1 is 1.11 bits per heavy atom. The van der Waals surface area contributed by atoms with Gasteiger partial charge in [-0.15, -0.1) is 0 Å². The van der Waals surface area contributed by atoms with E-state index in [-0.39, 0.29) is 17.9 Å². The first-order valence-corrected chi connectivity index (χ1v) is 10.1. The molecule has 1 aromatic heterocycles. The van der Waals surface area contributed by atoms with Crippen molar-refractivity contribution in [2.75, 3.05) is 0 Å². The molecule has 1 amide bonds. The van der Waals surface area contributed by atoms with Crippen LogP contribution >= 0.6 is 0 Å². The molecule has 3 heterocycles. The maximum atomic E-state index is 13.2. The number of nitrogens with zero attached hydrogens (tertiary/aromatic N) is 3. The van der Waals surface area contributed by atoms with Gasteiger partial charge in [0.25, 0.3) is 0 Å². The van der Waals surface area contributed by atoms with Crippen LogP contribution in [0.2, 0.25) is 0 Å². The second-order valence-electron chi connectivity index (χ2n) is 8.21. The van der Waals surface area contributed by atoms with Crippen molar-refractivity contribution in [2.24, 2.45) is 5.92 Å². The second kappa shape index (κ2) is 6.70. The lowest BCUT2D eigenvalue weighted by Gasteiger charge is -2.36. The van der Waals surface area contributed by atoms with Crippen molar-refractivity contribution in [3.8, 4) is 11.4 Å². The molecule has 3 aliphatic rings. The molecular weight excluding hydrogens is 341 g/mol. The standard InChI is InChI=1S/C22H24FN3O/c23-16-7-5-15(6-8-16)22-24-13-18-19(25-22)12-17-9-10-20(18)26(17)21(27)11-14-3-1-2-4-14/h5-8,13-14,17,20H,1-4,9-12H2/t17-,20+/m0/s1. The summed E-state index contributed by atoms with van der Waals surface area (Å²) in [6.07, 6.45) is 10.4. The Morgan fingerprint density at radius 3 is 2.67 bits per heavy atom. The molecule has 1 saturated heterocycles. The molecule has 0 unspecified atom stereocenters. The highest BCUT2D eigenvalue weighted by Crippen LogP contribution is 2.44. The average molecular weight is 365 g/mol. The van der Waals surface area contributed by atoms with E-state index < -0.39 is 0 Å². The first kappa shape index (κ1) is 16.8. The van der Waals surface area contributed by atoms with Crippen molar-refractivity contribution >= 4 is 5.91 Å². The number of benzene rings is 1. The summed E-state index contributed by atoms with van der Waals surface area (Å²) in [5.41, 5.74) is 2.99. The molecule has 1 saturated carbocycles. The van der Waals surface area contributed by atoms with Gasteiger partial charge in [0.1, 0.15) is 5.82 Å². The number of rotatable bonds is 3. The summed E-state index contributed by atoms with van der Waals surface area (Å²) in [6.45, 7) is 0. The molecule has 2 bridgehead atoms. The maximum Gasteiger partial charge on any atom is 0.223 e. The molecular formula is C22H24FN3O. The number of halogens is 1. The molecule has 140 valence electrons. The third kappa shape index (κ3) is 3.03. The molecule has 1 aliphatic carbocycles. The van der Waals surface area contributed by atoms with E-state index in [1.807, 2.05) is 6.20 Å². The van der Waals surface area contributed by atoms with E-state index in [1.54, 1.807) is 12.1 Å². The molecule has 27 heavy (non-hydrogen) atoms. The monoisotopic (exact) mass is 365 g/mol. The van der Waals surface area contributed by atoms with Gasteiger partial charge in [-0.1, -0.05) is 12.8 Å². The summed E-state index contributed by atoms with van der Waals surface area (Å²) in [6, 6.07) is 6.70. The molecule has 0 N–H and O–H groups in total. The molecule has 2 aliphatic heterocycles. The lowest BCUT2D eigenvalue weighted by molar-refractivity contribution is -0.135. The van der Waals surface area contributed by atoms with Gasteiger partial charge in [0, 0.05) is 36.2 Å². The van der Waals surface area contributed by atoms with Gasteiger partial charge in [-0.05, 0) is 55.9 Å². The average Bonchev–Trinajstić information content (AvgIpc) is 3.29. The lowest BCUT2D eigenvalue weighted by Crippen LogP contribution is -2.42. The van der Waals surface area contributed by atoms with Gasteiger partial charge in [-0.25, -0.2) is 14.4 Å². The summed E-state index contributed by atoms with van der Waals surface area (Å²) in [4.78, 5) is 24.4. The Bertz CT molecular complexity index is 860. The molecule has 2 atom stereocenters. The van der Waals surface area contributed by atoms with Crippen molar-refractivity contribution in [2.45, 2.75) is 63.5 Å². The molecule has 2 fully saturated rings. The lowest BCUT2D eigenvalue weighted by atomic mass is 9.96. The summed E-state index contributed by atoms with van der Waals surface area (Å²) < 4.78 is 13.2. The predicted octanol–water partition coefficient (Wildman–Crippen LogP) is 4.45. The fourth-order valence-electron chi connectivity index (χ4n) is 5.16. The van der Waals surface area contributed by atoms with E-state index in [0.29, 0.717) is 24.1 Å². The van der Waals surface area contributed by atoms with Crippen LogP contribution in [-0.4, -0.2) is 26.8 Å². The van der Waals surface area contributed by atoms with E-state index in [2.05, 4.69) is 9.88 Å². The third-order valence-corrected chi connectivity index (χ3v) is 6.52. The van der Waals surface area contributed by atoms with E-state index in [9.17, 15) is 9.18 Å². The molecule has 5 heteroatoms. The quantitative estimate of drug-likeness (QED) is 0.807. The van der Waals surface area contributed by atoms with Crippen molar-refractivity contribution in [3.05, 3.63) is 47.5 Å². The van der Waals surface area contributed by atoms with Gasteiger partial charge in [0.15, 0.2) is 5.82 Å². The van der Waals surface area contributed by atoms with Crippen molar-refractivity contribution in [3.63, 3.8) is 0 Å². The van der Waals surface area contributed by atoms with Crippen LogP contribution in [0.5, 0.6) is 0 Å². The van der Waals surface area contributed by atoms with Crippen molar-refractivity contribution in [1.82, 2.24) is 14.9 Å². The van der Waals surface area contributed by atoms with Crippen LogP contribution in [0.1, 0.15) is 62.2 Å². The fourth-order valence-corrected chi connectivity index (χ4v) is 5.16. The summed E-state index contributed by atoms with van der Waals surface area (Å²) >= 11 is 0. The number of aromatic nitrogens is 2. The third-order valence-electron chi connectivity index (χ3n) is 6.52. The van der Waals surface area contributed by atoms with E-state index >= 15 is 0 Å². The minimum absolute atomic E-state index is 0.134. The number of carbonyl (C=O) groups is 1. The predicted molar refractivity (Wildman–Crippen MR) is 100 cm³/mol. The maximum absolute atomic E-state index is 13.2. The topological polar surface area (TPSA) is 46.1 Å². The molecule has 2 aromatic rings. The van der Waals surface area contributed by atoms with Crippen LogP contribution in [0.25, 0.3) is 11.4 Å². The highest BCUT2D eigenvalue weighted by atomic mass is 19.1. The van der Waals surface area contributed by atoms with Gasteiger partial charge in [0.05, 0.1) is 11.7 Å². The van der Waals surface area contributed by atoms with E-state index in [1.165, 1.54) is 37.8 Å². The van der Waals surface area contributed by atoms with Crippen LogP contribution in [0.3, 0.4) is 0 Å². The van der Waals surface area contributed by atoms with Crippen LogP contribution < -0.4 is 0 Å². The Morgan fingerprint density at radius 2 is 1.89 bits per heavy atom. The molecule has 5 rings (SSSR count). The zero-order valence-corrected chi connectivity index (χ0v) is 15.4. The fraction of sp³-hybridized carbons (Fsp3) is 0.500. The van der Waals surface area contributed by atoms with Crippen molar-refractivity contribution in [1.29, 1.82) is 0 Å². The zero-order valence-electron chi connectivity index (χ0n) is 15.4. The zero-order chi connectivity index (χ0) is 18.4. The second-order valence-corrected chi connectivity index (χ2v) is 8.21. The number of amides is 1. The van der Waals surface area contributed by atoms with Gasteiger partial charge >= 0.3 is 0 Å². The number of fused-ring (bicyclic) bond motifs is 4. The van der Waals surface area contributed by atoms with Gasteiger partial charge in [-0.3, -0.25) is 4.79 Å². The van der Waals surface area contributed by atoms with E-state index in [4.69, 9.17) is 4.98 Å². The Hall–Kier alpha value is -2.30. The smallest absolute Gasteiger partial charge is 0.223 e. The first-order valence-electron chi connectivity index (χ1n) is 10.1. The van der Waals surface area contributed by atoms with Gasteiger partial charge in [0.2, 0.25) is 5.91 Å². The Kier molecular flexibility index (Phi) is 4.18. The number of hydrogen-bond acceptors (Lipinski definition) is 3. The van der Waals surface area contributed by atoms with Gasteiger partial charge in [-0.2, -0.15) is 0 Å². The molecule has 4 nitrogen and oxygen atoms in total. The largest absolute Gasteiger partial charge is 0.332 e. The molecule has 0 spiro atoms. The van der Waals surface area contributed by atoms with Gasteiger partial charge < -0.3 is 4.90 Å². The van der Waals surface area contributed by atoms with E-state index in [0.717, 1.165) is 36.1 Å². The molecule has 0 radical (unpaired) electrons. The Balaban J connectivity index is 1.40. The molecule has 1 aromatic carbocycles. The van der Waals surface area contributed by atoms with Crippen LogP contribution in [-0.2, 0) is 11.2 Å². The minimum Gasteiger partial charge on any atom is -0.332 e. The Labute approximate surface area is 158 Å². The summed E-state index contributed by atoms with van der Waals surface area (Å²) in [5.74, 6) is 1.28. The normalized spacial score (nSPS) is 24.3. The van der Waals surface area contributed by atoms with Crippen LogP contribution in [0.15, 0.2) is 30.5 Å². The summed E-state index contributed by atoms with van der Waals surface area (Å²) in [7, 11) is 0. The van der Waals surface area contributed by atoms with Crippen LogP contribution in [0.4, 0.5) is 4.39 Å². The minimum atomic E-state index is -0.258. The number of carbonyl (C=O) groups excluding carboxylic acids is 1. The highest BCUT2D eigenvalue weighted by molar-refractivity contribution is 5.78. The first-order chi connectivity index (χ1) is 13.2. The SMILES string of the molecule is O=C(CC1CCCC1)N1[C@H]2CC[C@@H]1c1cnc(-c3ccc(F)cc3)nc1C2. The van der Waals surface area contributed by atoms with Crippen molar-refractivity contribution < 1.29 is 9.18 Å². The number of hydrogen-bond donors (Lipinski definition) is 0. The summed E-state index contributed by atoms with van der Waals surface area (Å²) in [5, 5.41) is 0. The van der Waals surface area contributed by atoms with Crippen LogP contribution in [0, 0.1) is 11.7 Å².